The first-order valence-corrected chi connectivity index (χ1v) is 8.16. The van der Waals surface area contributed by atoms with Crippen molar-refractivity contribution in [2.75, 3.05) is 27.0 Å². The van der Waals surface area contributed by atoms with E-state index in [0.29, 0.717) is 16.6 Å². The highest BCUT2D eigenvalue weighted by Crippen LogP contribution is 2.26. The van der Waals surface area contributed by atoms with Gasteiger partial charge in [-0.25, -0.2) is 22.9 Å². The van der Waals surface area contributed by atoms with Crippen LogP contribution in [0.1, 0.15) is 29.2 Å². The van der Waals surface area contributed by atoms with Gasteiger partial charge in [0.25, 0.3) is 6.43 Å². The van der Waals surface area contributed by atoms with Crippen molar-refractivity contribution in [2.24, 2.45) is 5.73 Å². The summed E-state index contributed by atoms with van der Waals surface area (Å²) in [6, 6.07) is 4.61. The number of imidazole rings is 1. The Bertz CT molecular complexity index is 845. The van der Waals surface area contributed by atoms with Crippen LogP contribution in [0.25, 0.3) is 11.0 Å². The average molecular weight is 403 g/mol. The van der Waals surface area contributed by atoms with E-state index in [0.717, 1.165) is 6.92 Å². The number of halogens is 3. The summed E-state index contributed by atoms with van der Waals surface area (Å²) in [6.07, 6.45) is -5.58. The summed E-state index contributed by atoms with van der Waals surface area (Å²) in [5.41, 5.74) is 3.84. The molecule has 0 saturated carbocycles. The maximum atomic E-state index is 13.0. The van der Waals surface area contributed by atoms with Crippen molar-refractivity contribution in [3.8, 4) is 0 Å². The molecular formula is C17H20F3N3O5. The minimum absolute atomic E-state index is 0.0422. The van der Waals surface area contributed by atoms with Gasteiger partial charge in [0, 0.05) is 12.7 Å². The molecule has 0 aliphatic carbocycles. The molecule has 0 aliphatic heterocycles. The van der Waals surface area contributed by atoms with E-state index < -0.39 is 37.5 Å². The number of amides is 1. The fourth-order valence-corrected chi connectivity index (χ4v) is 2.30. The van der Waals surface area contributed by atoms with Crippen LogP contribution in [-0.2, 0) is 14.2 Å². The summed E-state index contributed by atoms with van der Waals surface area (Å²) in [7, 11) is 1.39. The Morgan fingerprint density at radius 1 is 1.36 bits per heavy atom. The number of carbonyl (C=O) groups excluding carboxylic acids is 2. The predicted octanol–water partition coefficient (Wildman–Crippen LogP) is 2.54. The number of Topliss-reactive ketones (excluding diaryl/α,β-unsaturated/α-hetero) is 1. The number of ketones is 1. The van der Waals surface area contributed by atoms with Crippen LogP contribution in [-0.4, -0.2) is 60.9 Å². The number of alkyl halides is 3. The van der Waals surface area contributed by atoms with Crippen LogP contribution in [0, 0.1) is 0 Å². The summed E-state index contributed by atoms with van der Waals surface area (Å²) < 4.78 is 53.5. The number of hydrogen-bond acceptors (Lipinski definition) is 6. The predicted molar refractivity (Wildman–Crippen MR) is 92.0 cm³/mol. The zero-order valence-electron chi connectivity index (χ0n) is 15.2. The number of nitrogens with one attached hydrogen (secondary N) is 1. The van der Waals surface area contributed by atoms with Crippen molar-refractivity contribution >= 4 is 22.9 Å². The lowest BCUT2D eigenvalue weighted by Gasteiger charge is -2.27. The second-order valence-electron chi connectivity index (χ2n) is 6.19. The quantitative estimate of drug-likeness (QED) is 0.589. The number of hydrogen-bond donors (Lipinski definition) is 2. The number of ether oxygens (including phenoxy) is 3. The summed E-state index contributed by atoms with van der Waals surface area (Å²) in [4.78, 5) is 30.1. The molecule has 0 radical (unpaired) electrons. The monoisotopic (exact) mass is 403 g/mol. The minimum atomic E-state index is -3.10. The number of fused-ring (bicyclic) bond motifs is 1. The normalized spacial score (nSPS) is 14.8. The van der Waals surface area contributed by atoms with Gasteiger partial charge in [0.05, 0.1) is 17.6 Å². The molecule has 154 valence electrons. The second-order valence-corrected chi connectivity index (χ2v) is 6.19. The van der Waals surface area contributed by atoms with E-state index in [1.165, 1.54) is 13.2 Å². The number of aromatic amines is 1. The molecule has 0 spiro atoms. The Kier molecular flexibility index (Phi) is 6.97. The van der Waals surface area contributed by atoms with Crippen molar-refractivity contribution in [3.05, 3.63) is 29.6 Å². The van der Waals surface area contributed by atoms with Crippen LogP contribution >= 0.6 is 0 Å². The van der Waals surface area contributed by atoms with Crippen LogP contribution in [0.5, 0.6) is 0 Å². The lowest BCUT2D eigenvalue weighted by molar-refractivity contribution is -0.155. The van der Waals surface area contributed by atoms with Gasteiger partial charge in [-0.1, -0.05) is 0 Å². The highest BCUT2D eigenvalue weighted by Gasteiger charge is 2.38. The molecule has 2 unspecified atom stereocenters. The fourth-order valence-electron chi connectivity index (χ4n) is 2.30. The first kappa shape index (κ1) is 21.6. The van der Waals surface area contributed by atoms with Gasteiger partial charge in [-0.3, -0.25) is 4.79 Å². The second kappa shape index (κ2) is 9.02. The number of primary amides is 1. The molecular weight excluding hydrogens is 383 g/mol. The number of nitrogens with two attached hydrogens (primary N) is 1. The lowest BCUT2D eigenvalue weighted by atomic mass is 10.1. The number of H-pyrrole nitrogens is 1. The zero-order chi connectivity index (χ0) is 20.9. The highest BCUT2D eigenvalue weighted by atomic mass is 19.3. The summed E-state index contributed by atoms with van der Waals surface area (Å²) >= 11 is 0. The van der Waals surface area contributed by atoms with E-state index in [1.807, 2.05) is 0 Å². The Labute approximate surface area is 158 Å². The standard InChI is InChI=1S/C17H20F3N3O5/c1-17(8-18,15(19)20)27-7-13(28-16(21)25)14-22-10-4-3-9(5-11(10)23-14)12(24)6-26-2/h3-5,13,15H,6-8H2,1-2H3,(H2,21,25)(H,22,23). The van der Waals surface area contributed by atoms with Crippen molar-refractivity contribution in [2.45, 2.75) is 25.1 Å². The zero-order valence-corrected chi connectivity index (χ0v) is 15.2. The summed E-state index contributed by atoms with van der Waals surface area (Å²) in [5, 5.41) is 0. The molecule has 2 atom stereocenters. The van der Waals surface area contributed by atoms with E-state index in [1.54, 1.807) is 12.1 Å². The van der Waals surface area contributed by atoms with Crippen LogP contribution in [0.2, 0.25) is 0 Å². The maximum absolute atomic E-state index is 13.0. The topological polar surface area (TPSA) is 117 Å². The number of benzene rings is 1. The molecule has 0 saturated heterocycles. The molecule has 0 bridgehead atoms. The van der Waals surface area contributed by atoms with Crippen molar-refractivity contribution in [1.82, 2.24) is 9.97 Å². The third-order valence-corrected chi connectivity index (χ3v) is 3.95. The van der Waals surface area contributed by atoms with Gasteiger partial charge in [-0.15, -0.1) is 0 Å². The molecule has 3 N–H and O–H groups in total. The van der Waals surface area contributed by atoms with Crippen LogP contribution in [0.15, 0.2) is 18.2 Å². The van der Waals surface area contributed by atoms with Gasteiger partial charge in [-0.05, 0) is 25.1 Å². The maximum Gasteiger partial charge on any atom is 0.405 e. The number of nitrogens with zero attached hydrogens (tertiary/aromatic N) is 1. The van der Waals surface area contributed by atoms with E-state index in [4.69, 9.17) is 19.9 Å². The number of aromatic nitrogens is 2. The Morgan fingerprint density at radius 3 is 2.64 bits per heavy atom. The molecule has 11 heteroatoms. The van der Waals surface area contributed by atoms with Gasteiger partial charge < -0.3 is 24.9 Å². The molecule has 1 aromatic carbocycles. The SMILES string of the molecule is COCC(=O)c1ccc2[nH]c(C(COC(C)(CF)C(F)F)OC(N)=O)nc2c1. The largest absolute Gasteiger partial charge is 0.436 e. The number of methoxy groups -OCH3 is 1. The Balaban J connectivity index is 2.29. The molecule has 8 nitrogen and oxygen atoms in total. The summed E-state index contributed by atoms with van der Waals surface area (Å²) in [5.74, 6) is -0.224. The average Bonchev–Trinajstić information content (AvgIpc) is 3.07. The lowest BCUT2D eigenvalue weighted by Crippen LogP contribution is -2.41. The molecule has 0 aliphatic rings. The van der Waals surface area contributed by atoms with Gasteiger partial charge >= 0.3 is 6.09 Å². The van der Waals surface area contributed by atoms with E-state index in [9.17, 15) is 22.8 Å². The molecule has 2 aromatic rings. The molecule has 1 aromatic heterocycles. The van der Waals surface area contributed by atoms with Gasteiger partial charge in [-0.2, -0.15) is 0 Å². The smallest absolute Gasteiger partial charge is 0.405 e. The molecule has 28 heavy (non-hydrogen) atoms. The third-order valence-electron chi connectivity index (χ3n) is 3.95. The van der Waals surface area contributed by atoms with Crippen LogP contribution < -0.4 is 5.73 Å². The first-order valence-electron chi connectivity index (χ1n) is 8.16. The van der Waals surface area contributed by atoms with Crippen LogP contribution in [0.3, 0.4) is 0 Å². The molecule has 2 rings (SSSR count). The van der Waals surface area contributed by atoms with E-state index >= 15 is 0 Å². The Morgan fingerprint density at radius 2 is 2.07 bits per heavy atom. The molecule has 0 fully saturated rings. The van der Waals surface area contributed by atoms with Gasteiger partial charge in [0.2, 0.25) is 0 Å². The number of rotatable bonds is 10. The van der Waals surface area contributed by atoms with E-state index in [2.05, 4.69) is 9.97 Å². The molecule has 1 heterocycles. The van der Waals surface area contributed by atoms with E-state index in [-0.39, 0.29) is 18.2 Å². The highest BCUT2D eigenvalue weighted by molar-refractivity contribution is 5.99. The fraction of sp³-hybridized carbons (Fsp3) is 0.471. The third kappa shape index (κ3) is 4.98. The van der Waals surface area contributed by atoms with Crippen LogP contribution in [0.4, 0.5) is 18.0 Å². The van der Waals surface area contributed by atoms with Gasteiger partial charge in [0.1, 0.15) is 13.3 Å². The first-order chi connectivity index (χ1) is 13.2. The minimum Gasteiger partial charge on any atom is -0.436 e. The van der Waals surface area contributed by atoms with Gasteiger partial charge in [0.15, 0.2) is 23.3 Å². The number of carbonyl (C=O) groups is 2. The van der Waals surface area contributed by atoms with Crippen molar-refractivity contribution < 1.29 is 37.0 Å². The summed E-state index contributed by atoms with van der Waals surface area (Å²) in [6.45, 7) is -1.27. The van der Waals surface area contributed by atoms with Crippen molar-refractivity contribution in [1.29, 1.82) is 0 Å². The molecule has 1 amide bonds. The Hall–Kier alpha value is -2.66. The van der Waals surface area contributed by atoms with Crippen molar-refractivity contribution in [3.63, 3.8) is 0 Å².